The molecular weight excluding hydrogens is 151 g/mol. The number of halogens is 1. The molecule has 0 bridgehead atoms. The van der Waals surface area contributed by atoms with E-state index in [2.05, 4.69) is 8.37 Å². The summed E-state index contributed by atoms with van der Waals surface area (Å²) in [5.74, 6) is 0. The van der Waals surface area contributed by atoms with Crippen LogP contribution in [0.25, 0.3) is 0 Å². The maximum atomic E-state index is 11.6. The molecule has 1 fully saturated rings. The zero-order valence-electron chi connectivity index (χ0n) is 4.41. The highest BCUT2D eigenvalue weighted by Gasteiger charge is 2.29. The molecule has 0 amide bonds. The van der Waals surface area contributed by atoms with Gasteiger partial charge in [0.1, 0.15) is 12.8 Å². The van der Waals surface area contributed by atoms with Gasteiger partial charge in [-0.3, -0.25) is 0 Å². The Morgan fingerprint density at radius 1 is 1.67 bits per heavy atom. The van der Waals surface area contributed by atoms with E-state index in [-0.39, 0.29) is 6.61 Å². The van der Waals surface area contributed by atoms with Gasteiger partial charge in [0.05, 0.1) is 6.61 Å². The second kappa shape index (κ2) is 2.20. The topological polar surface area (TPSA) is 52.6 Å². The van der Waals surface area contributed by atoms with E-state index in [1.165, 1.54) is 0 Å². The molecule has 4 nitrogen and oxygen atoms in total. The van der Waals surface area contributed by atoms with Crippen molar-refractivity contribution < 1.29 is 21.2 Å². The smallest absolute Gasteiger partial charge is 0.248 e. The lowest BCUT2D eigenvalue weighted by Crippen LogP contribution is -2.11. The van der Waals surface area contributed by atoms with Crippen molar-refractivity contribution in [1.82, 2.24) is 0 Å². The molecule has 0 aromatic rings. The second-order valence-electron chi connectivity index (χ2n) is 1.57. The van der Waals surface area contributed by atoms with Crippen LogP contribution in [0.1, 0.15) is 0 Å². The molecule has 1 aliphatic heterocycles. The average Bonchev–Trinajstić information content (AvgIpc) is 2.10. The number of alkyl halides is 1. The van der Waals surface area contributed by atoms with Gasteiger partial charge in [-0.2, -0.15) is 8.42 Å². The van der Waals surface area contributed by atoms with Crippen molar-refractivity contribution >= 4 is 10.4 Å². The van der Waals surface area contributed by atoms with Crippen molar-refractivity contribution in [3.05, 3.63) is 0 Å². The van der Waals surface area contributed by atoms with Crippen LogP contribution in [0.2, 0.25) is 0 Å². The first-order valence-electron chi connectivity index (χ1n) is 2.27. The van der Waals surface area contributed by atoms with Crippen LogP contribution in [0.5, 0.6) is 0 Å². The summed E-state index contributed by atoms with van der Waals surface area (Å²) in [4.78, 5) is 0. The molecule has 1 unspecified atom stereocenters. The summed E-state index contributed by atoms with van der Waals surface area (Å²) in [5, 5.41) is 0. The van der Waals surface area contributed by atoms with Crippen LogP contribution in [0.4, 0.5) is 4.39 Å². The minimum absolute atomic E-state index is 0.209. The van der Waals surface area contributed by atoms with Gasteiger partial charge in [-0.15, -0.1) is 0 Å². The fourth-order valence-corrected chi connectivity index (χ4v) is 1.27. The first-order valence-corrected chi connectivity index (χ1v) is 3.61. The molecule has 54 valence electrons. The average molecular weight is 156 g/mol. The lowest BCUT2D eigenvalue weighted by Gasteiger charge is -1.93. The van der Waals surface area contributed by atoms with Crippen molar-refractivity contribution in [3.8, 4) is 0 Å². The summed E-state index contributed by atoms with van der Waals surface area (Å²) in [6.07, 6.45) is -0.935. The third-order valence-corrected chi connectivity index (χ3v) is 1.76. The fraction of sp³-hybridized carbons (Fsp3) is 1.00. The Morgan fingerprint density at radius 2 is 2.33 bits per heavy atom. The molecule has 0 saturated carbocycles. The monoisotopic (exact) mass is 156 g/mol. The van der Waals surface area contributed by atoms with Crippen molar-refractivity contribution in [2.24, 2.45) is 0 Å². The van der Waals surface area contributed by atoms with Crippen molar-refractivity contribution in [2.75, 3.05) is 13.3 Å². The summed E-state index contributed by atoms with van der Waals surface area (Å²) in [7, 11) is -3.85. The Balaban J connectivity index is 2.58. The summed E-state index contributed by atoms with van der Waals surface area (Å²) in [6, 6.07) is 0. The highest BCUT2D eigenvalue weighted by atomic mass is 32.3. The Morgan fingerprint density at radius 3 is 2.56 bits per heavy atom. The summed E-state index contributed by atoms with van der Waals surface area (Å²) in [6.45, 7) is -1.04. The minimum Gasteiger partial charge on any atom is -0.248 e. The van der Waals surface area contributed by atoms with Gasteiger partial charge < -0.3 is 0 Å². The highest BCUT2D eigenvalue weighted by Crippen LogP contribution is 2.12. The van der Waals surface area contributed by atoms with Crippen LogP contribution in [0.3, 0.4) is 0 Å². The fourth-order valence-electron chi connectivity index (χ4n) is 0.452. The predicted octanol–water partition coefficient (Wildman–Crippen LogP) is -0.384. The van der Waals surface area contributed by atoms with Crippen molar-refractivity contribution in [1.29, 1.82) is 0 Å². The normalized spacial score (nSPS) is 32.8. The molecule has 0 aromatic carbocycles. The first kappa shape index (κ1) is 6.91. The Hall–Kier alpha value is -0.200. The molecule has 1 aliphatic rings. The molecule has 9 heavy (non-hydrogen) atoms. The minimum atomic E-state index is -3.85. The Labute approximate surface area is 51.9 Å². The van der Waals surface area contributed by atoms with E-state index in [9.17, 15) is 12.8 Å². The summed E-state index contributed by atoms with van der Waals surface area (Å²) < 4.78 is 40.1. The predicted molar refractivity (Wildman–Crippen MR) is 25.7 cm³/mol. The zero-order valence-corrected chi connectivity index (χ0v) is 5.23. The molecule has 6 heteroatoms. The molecule has 1 heterocycles. The van der Waals surface area contributed by atoms with Gasteiger partial charge in [0, 0.05) is 0 Å². The lowest BCUT2D eigenvalue weighted by molar-refractivity contribution is 0.191. The standard InChI is InChI=1S/C3H5FO4S/c4-1-3-2-7-9(5,6)8-3/h3H,1-2H2. The maximum absolute atomic E-state index is 11.6. The van der Waals surface area contributed by atoms with E-state index in [1.54, 1.807) is 0 Å². The maximum Gasteiger partial charge on any atom is 0.400 e. The van der Waals surface area contributed by atoms with Crippen LogP contribution >= 0.6 is 0 Å². The molecule has 1 rings (SSSR count). The van der Waals surface area contributed by atoms with Crippen LogP contribution in [0, 0.1) is 0 Å². The van der Waals surface area contributed by atoms with Gasteiger partial charge in [0.15, 0.2) is 0 Å². The van der Waals surface area contributed by atoms with Gasteiger partial charge in [0.2, 0.25) is 0 Å². The third-order valence-electron chi connectivity index (χ3n) is 0.824. The number of hydrogen-bond donors (Lipinski definition) is 0. The molecule has 0 aromatic heterocycles. The number of rotatable bonds is 1. The molecule has 0 spiro atoms. The van der Waals surface area contributed by atoms with E-state index in [1.807, 2.05) is 0 Å². The first-order chi connectivity index (χ1) is 4.14. The Bertz CT molecular complexity index is 186. The molecule has 0 radical (unpaired) electrons. The summed E-state index contributed by atoms with van der Waals surface area (Å²) in [5.41, 5.74) is 0. The zero-order chi connectivity index (χ0) is 6.91. The van der Waals surface area contributed by atoms with Gasteiger partial charge in [-0.1, -0.05) is 0 Å². The molecule has 1 saturated heterocycles. The van der Waals surface area contributed by atoms with E-state index < -0.39 is 23.2 Å². The van der Waals surface area contributed by atoms with Crippen LogP contribution in [-0.2, 0) is 18.8 Å². The van der Waals surface area contributed by atoms with Crippen LogP contribution in [0.15, 0.2) is 0 Å². The highest BCUT2D eigenvalue weighted by molar-refractivity contribution is 7.82. The van der Waals surface area contributed by atoms with Gasteiger partial charge in [-0.25, -0.2) is 12.8 Å². The molecule has 1 atom stereocenters. The largest absolute Gasteiger partial charge is 0.400 e. The van der Waals surface area contributed by atoms with Gasteiger partial charge >= 0.3 is 10.4 Å². The third kappa shape index (κ3) is 1.60. The molecule has 0 aliphatic carbocycles. The van der Waals surface area contributed by atoms with Crippen molar-refractivity contribution in [2.45, 2.75) is 6.10 Å². The molecule has 0 N–H and O–H groups in total. The van der Waals surface area contributed by atoms with Gasteiger partial charge in [0.25, 0.3) is 0 Å². The SMILES string of the molecule is O=S1(=O)OCC(CF)O1. The lowest BCUT2D eigenvalue weighted by atomic mass is 10.4. The molecular formula is C3H5FO4S. The van der Waals surface area contributed by atoms with E-state index in [4.69, 9.17) is 0 Å². The van der Waals surface area contributed by atoms with E-state index in [0.717, 1.165) is 0 Å². The van der Waals surface area contributed by atoms with Crippen LogP contribution < -0.4 is 0 Å². The number of hydrogen-bond acceptors (Lipinski definition) is 4. The second-order valence-corrected chi connectivity index (χ2v) is 2.81. The Kier molecular flexibility index (Phi) is 1.69. The van der Waals surface area contributed by atoms with Crippen LogP contribution in [-0.4, -0.2) is 27.8 Å². The van der Waals surface area contributed by atoms with Crippen molar-refractivity contribution in [3.63, 3.8) is 0 Å². The summed E-state index contributed by atoms with van der Waals surface area (Å²) >= 11 is 0. The van der Waals surface area contributed by atoms with E-state index >= 15 is 0 Å². The van der Waals surface area contributed by atoms with E-state index in [0.29, 0.717) is 0 Å². The quantitative estimate of drug-likeness (QED) is 0.519. The van der Waals surface area contributed by atoms with Gasteiger partial charge in [-0.05, 0) is 0 Å².